The summed E-state index contributed by atoms with van der Waals surface area (Å²) in [6.45, 7) is -0.432. The lowest BCUT2D eigenvalue weighted by Crippen LogP contribution is -2.41. The minimum Gasteiger partial charge on any atom is -0.480 e. The van der Waals surface area contributed by atoms with Gasteiger partial charge in [0.15, 0.2) is 0 Å². The smallest absolute Gasteiger partial charge is 0.321 e. The van der Waals surface area contributed by atoms with E-state index in [1.807, 2.05) is 0 Å². The molecule has 1 unspecified atom stereocenters. The number of aliphatic carboxylic acids is 2. The highest BCUT2D eigenvalue weighted by Crippen LogP contribution is 2.06. The second kappa shape index (κ2) is 5.95. The Hall–Kier alpha value is -1.95. The van der Waals surface area contributed by atoms with Crippen molar-refractivity contribution in [1.29, 1.82) is 0 Å². The van der Waals surface area contributed by atoms with Gasteiger partial charge in [-0.1, -0.05) is 12.1 Å². The zero-order chi connectivity index (χ0) is 12.8. The van der Waals surface area contributed by atoms with Gasteiger partial charge in [-0.15, -0.1) is 0 Å². The van der Waals surface area contributed by atoms with Crippen LogP contribution in [0.15, 0.2) is 24.3 Å². The van der Waals surface area contributed by atoms with Gasteiger partial charge in [0, 0.05) is 0 Å². The topological polar surface area (TPSA) is 86.6 Å². The Morgan fingerprint density at radius 3 is 2.29 bits per heavy atom. The fraction of sp³-hybridized carbons (Fsp3) is 0.273. The van der Waals surface area contributed by atoms with Crippen molar-refractivity contribution >= 4 is 11.9 Å². The van der Waals surface area contributed by atoms with Gasteiger partial charge in [-0.2, -0.15) is 0 Å². The van der Waals surface area contributed by atoms with Crippen LogP contribution in [-0.2, 0) is 16.0 Å². The Balaban J connectivity index is 2.63. The Kier molecular flexibility index (Phi) is 4.59. The maximum absolute atomic E-state index is 12.6. The SMILES string of the molecule is O=C(O)CNC(Cc1ccc(F)cc1)C(=O)O. The summed E-state index contributed by atoms with van der Waals surface area (Å²) in [6.07, 6.45) is 0.100. The summed E-state index contributed by atoms with van der Waals surface area (Å²) in [6, 6.07) is 4.38. The number of carboxylic acids is 2. The van der Waals surface area contributed by atoms with Crippen LogP contribution in [-0.4, -0.2) is 34.7 Å². The van der Waals surface area contributed by atoms with E-state index in [-0.39, 0.29) is 6.42 Å². The molecule has 1 aromatic carbocycles. The molecule has 0 aliphatic heterocycles. The van der Waals surface area contributed by atoms with Gasteiger partial charge >= 0.3 is 11.9 Å². The molecule has 17 heavy (non-hydrogen) atoms. The number of carbonyl (C=O) groups is 2. The lowest BCUT2D eigenvalue weighted by Gasteiger charge is -2.12. The molecule has 0 saturated heterocycles. The van der Waals surface area contributed by atoms with E-state index < -0.39 is 30.3 Å². The highest BCUT2D eigenvalue weighted by molar-refractivity contribution is 5.75. The van der Waals surface area contributed by atoms with Crippen LogP contribution >= 0.6 is 0 Å². The van der Waals surface area contributed by atoms with Crippen molar-refractivity contribution in [2.24, 2.45) is 0 Å². The average Bonchev–Trinajstić information content (AvgIpc) is 2.26. The molecule has 0 fully saturated rings. The standard InChI is InChI=1S/C11H12FNO4/c12-8-3-1-7(2-4-8)5-9(11(16)17)13-6-10(14)15/h1-4,9,13H,5-6H2,(H,14,15)(H,16,17). The first-order valence-electron chi connectivity index (χ1n) is 4.91. The van der Waals surface area contributed by atoms with Crippen molar-refractivity contribution in [3.8, 4) is 0 Å². The largest absolute Gasteiger partial charge is 0.480 e. The monoisotopic (exact) mass is 241 g/mol. The van der Waals surface area contributed by atoms with Gasteiger partial charge in [0.2, 0.25) is 0 Å². The normalized spacial score (nSPS) is 12.1. The first-order valence-corrected chi connectivity index (χ1v) is 4.91. The summed E-state index contributed by atoms with van der Waals surface area (Å²) in [5.41, 5.74) is 0.622. The van der Waals surface area contributed by atoms with E-state index in [1.165, 1.54) is 24.3 Å². The van der Waals surface area contributed by atoms with Crippen LogP contribution < -0.4 is 5.32 Å². The van der Waals surface area contributed by atoms with E-state index in [0.717, 1.165) is 0 Å². The molecule has 3 N–H and O–H groups in total. The third kappa shape index (κ3) is 4.60. The molecule has 0 bridgehead atoms. The van der Waals surface area contributed by atoms with Crippen LogP contribution in [0.4, 0.5) is 4.39 Å². The summed E-state index contributed by atoms with van der Waals surface area (Å²) in [7, 11) is 0. The number of nitrogens with one attached hydrogen (secondary N) is 1. The number of rotatable bonds is 6. The third-order valence-electron chi connectivity index (χ3n) is 2.15. The molecule has 1 atom stereocenters. The quantitative estimate of drug-likeness (QED) is 0.675. The molecule has 0 saturated carbocycles. The van der Waals surface area contributed by atoms with Gasteiger partial charge in [0.25, 0.3) is 0 Å². The summed E-state index contributed by atoms with van der Waals surface area (Å²) < 4.78 is 12.6. The Morgan fingerprint density at radius 1 is 1.24 bits per heavy atom. The molecule has 0 amide bonds. The van der Waals surface area contributed by atoms with Crippen LogP contribution in [0.2, 0.25) is 0 Å². The summed E-state index contributed by atoms with van der Waals surface area (Å²) in [4.78, 5) is 21.2. The van der Waals surface area contributed by atoms with Crippen LogP contribution in [0.5, 0.6) is 0 Å². The van der Waals surface area contributed by atoms with Gasteiger partial charge < -0.3 is 10.2 Å². The second-order valence-electron chi connectivity index (χ2n) is 3.50. The Labute approximate surface area is 96.9 Å². The minimum atomic E-state index is -1.14. The highest BCUT2D eigenvalue weighted by Gasteiger charge is 2.18. The molecule has 0 aliphatic carbocycles. The summed E-state index contributed by atoms with van der Waals surface area (Å²) in [5.74, 6) is -2.68. The molecule has 0 spiro atoms. The van der Waals surface area contributed by atoms with Crippen molar-refractivity contribution in [1.82, 2.24) is 5.32 Å². The van der Waals surface area contributed by atoms with Crippen molar-refractivity contribution < 1.29 is 24.2 Å². The van der Waals surface area contributed by atoms with E-state index in [9.17, 15) is 14.0 Å². The molecule has 0 radical (unpaired) electrons. The van der Waals surface area contributed by atoms with Crippen LogP contribution in [0, 0.1) is 5.82 Å². The predicted molar refractivity (Wildman–Crippen MR) is 57.2 cm³/mol. The van der Waals surface area contributed by atoms with Gasteiger partial charge in [0.1, 0.15) is 11.9 Å². The molecule has 0 aliphatic rings. The van der Waals surface area contributed by atoms with E-state index in [1.54, 1.807) is 0 Å². The maximum Gasteiger partial charge on any atom is 0.321 e. The maximum atomic E-state index is 12.6. The fourth-order valence-corrected chi connectivity index (χ4v) is 1.31. The van der Waals surface area contributed by atoms with Crippen LogP contribution in [0.25, 0.3) is 0 Å². The van der Waals surface area contributed by atoms with E-state index >= 15 is 0 Å². The summed E-state index contributed by atoms with van der Waals surface area (Å²) >= 11 is 0. The highest BCUT2D eigenvalue weighted by atomic mass is 19.1. The Morgan fingerprint density at radius 2 is 1.82 bits per heavy atom. The van der Waals surface area contributed by atoms with Gasteiger partial charge in [0.05, 0.1) is 6.54 Å². The van der Waals surface area contributed by atoms with Crippen LogP contribution in [0.1, 0.15) is 5.56 Å². The number of hydrogen-bond donors (Lipinski definition) is 3. The van der Waals surface area contributed by atoms with E-state index in [4.69, 9.17) is 10.2 Å². The second-order valence-corrected chi connectivity index (χ2v) is 3.50. The molecular weight excluding hydrogens is 229 g/mol. The van der Waals surface area contributed by atoms with Gasteiger partial charge in [-0.25, -0.2) is 4.39 Å². The van der Waals surface area contributed by atoms with Gasteiger partial charge in [-0.05, 0) is 24.1 Å². The Bertz CT molecular complexity index is 404. The molecule has 5 nitrogen and oxygen atoms in total. The first-order chi connectivity index (χ1) is 7.99. The van der Waals surface area contributed by atoms with Crippen molar-refractivity contribution in [2.75, 3.05) is 6.54 Å². The molecular formula is C11H12FNO4. The van der Waals surface area contributed by atoms with Crippen molar-refractivity contribution in [2.45, 2.75) is 12.5 Å². The number of benzene rings is 1. The van der Waals surface area contributed by atoms with Crippen LogP contribution in [0.3, 0.4) is 0 Å². The average molecular weight is 241 g/mol. The minimum absolute atomic E-state index is 0.100. The number of hydrogen-bond acceptors (Lipinski definition) is 3. The molecule has 6 heteroatoms. The molecule has 0 aromatic heterocycles. The molecule has 0 heterocycles. The summed E-state index contributed by atoms with van der Waals surface area (Å²) in [5, 5.41) is 19.7. The van der Waals surface area contributed by atoms with Crippen molar-refractivity contribution in [3.63, 3.8) is 0 Å². The molecule has 1 rings (SSSR count). The van der Waals surface area contributed by atoms with Gasteiger partial charge in [-0.3, -0.25) is 14.9 Å². The lowest BCUT2D eigenvalue weighted by atomic mass is 10.1. The lowest BCUT2D eigenvalue weighted by molar-refractivity contribution is -0.140. The third-order valence-corrected chi connectivity index (χ3v) is 2.15. The number of carboxylic acid groups (broad SMARTS) is 2. The molecule has 1 aromatic rings. The fourth-order valence-electron chi connectivity index (χ4n) is 1.31. The zero-order valence-corrected chi connectivity index (χ0v) is 8.89. The van der Waals surface area contributed by atoms with Crippen molar-refractivity contribution in [3.05, 3.63) is 35.6 Å². The van der Waals surface area contributed by atoms with E-state index in [0.29, 0.717) is 5.56 Å². The zero-order valence-electron chi connectivity index (χ0n) is 8.89. The number of halogens is 1. The molecule has 92 valence electrons. The van der Waals surface area contributed by atoms with E-state index in [2.05, 4.69) is 5.32 Å². The predicted octanol–water partition coefficient (Wildman–Crippen LogP) is 0.496. The first kappa shape index (κ1) is 13.1.